The van der Waals surface area contributed by atoms with Crippen LogP contribution in [0, 0.1) is 0 Å². The maximum absolute atomic E-state index is 12.0. The lowest BCUT2D eigenvalue weighted by Gasteiger charge is -2.14. The van der Waals surface area contributed by atoms with Gasteiger partial charge in [0.1, 0.15) is 5.75 Å². The molecule has 0 bridgehead atoms. The molecule has 0 aliphatic rings. The van der Waals surface area contributed by atoms with E-state index in [2.05, 4.69) is 10.3 Å². The molecule has 1 N–H and O–H groups in total. The highest BCUT2D eigenvalue weighted by Crippen LogP contribution is 2.14. The van der Waals surface area contributed by atoms with Crippen LogP contribution in [-0.4, -0.2) is 18.0 Å². The Balaban J connectivity index is 1.95. The fraction of sp³-hybridized carbons (Fsp3) is 0.250. The molecule has 1 aromatic heterocycles. The zero-order valence-corrected chi connectivity index (χ0v) is 11.7. The molecule has 0 radical (unpaired) electrons. The average Bonchev–Trinajstić information content (AvgIpc) is 2.48. The number of nitrogens with zero attached hydrogens (tertiary/aromatic N) is 1. The van der Waals surface area contributed by atoms with Crippen LogP contribution < -0.4 is 10.1 Å². The van der Waals surface area contributed by atoms with Crippen LogP contribution in [0.4, 0.5) is 0 Å². The van der Waals surface area contributed by atoms with Crippen LogP contribution in [-0.2, 0) is 11.2 Å². The number of ether oxygens (including phenoxy) is 1. The van der Waals surface area contributed by atoms with Gasteiger partial charge in [0, 0.05) is 12.4 Å². The van der Waals surface area contributed by atoms with E-state index < -0.39 is 0 Å². The first-order valence-electron chi connectivity index (χ1n) is 6.51. The molecule has 0 aliphatic heterocycles. The minimum atomic E-state index is -0.0539. The van der Waals surface area contributed by atoms with Gasteiger partial charge in [-0.1, -0.05) is 18.2 Å². The Kier molecular flexibility index (Phi) is 4.71. The fourth-order valence-electron chi connectivity index (χ4n) is 1.98. The van der Waals surface area contributed by atoms with Crippen molar-refractivity contribution in [1.82, 2.24) is 10.3 Å². The maximum Gasteiger partial charge on any atom is 0.224 e. The van der Waals surface area contributed by atoms with Gasteiger partial charge in [-0.15, -0.1) is 0 Å². The third kappa shape index (κ3) is 3.82. The number of aromatic nitrogens is 1. The Morgan fingerprint density at radius 1 is 1.35 bits per heavy atom. The number of rotatable bonds is 5. The summed E-state index contributed by atoms with van der Waals surface area (Å²) in [6, 6.07) is 11.3. The fourth-order valence-corrected chi connectivity index (χ4v) is 1.98. The van der Waals surface area contributed by atoms with Gasteiger partial charge < -0.3 is 10.1 Å². The van der Waals surface area contributed by atoms with E-state index in [9.17, 15) is 4.79 Å². The maximum atomic E-state index is 12.0. The average molecular weight is 270 g/mol. The number of hydrogen-bond donors (Lipinski definition) is 1. The van der Waals surface area contributed by atoms with Crippen molar-refractivity contribution >= 4 is 5.91 Å². The van der Waals surface area contributed by atoms with E-state index in [0.29, 0.717) is 6.42 Å². The van der Waals surface area contributed by atoms with Crippen molar-refractivity contribution in [2.45, 2.75) is 19.4 Å². The molecule has 4 nitrogen and oxygen atoms in total. The van der Waals surface area contributed by atoms with Gasteiger partial charge in [-0.05, 0) is 36.2 Å². The number of methoxy groups -OCH3 is 1. The Hall–Kier alpha value is -2.36. The lowest BCUT2D eigenvalue weighted by Crippen LogP contribution is -2.28. The lowest BCUT2D eigenvalue weighted by molar-refractivity contribution is -0.121. The number of nitrogens with one attached hydrogen (secondary N) is 1. The van der Waals surface area contributed by atoms with E-state index >= 15 is 0 Å². The smallest absolute Gasteiger partial charge is 0.224 e. The Morgan fingerprint density at radius 2 is 2.20 bits per heavy atom. The van der Waals surface area contributed by atoms with Crippen LogP contribution in [0.5, 0.6) is 5.75 Å². The van der Waals surface area contributed by atoms with Crippen LogP contribution in [0.2, 0.25) is 0 Å². The first kappa shape index (κ1) is 14.1. The molecule has 0 saturated heterocycles. The zero-order chi connectivity index (χ0) is 14.4. The molecule has 0 saturated carbocycles. The van der Waals surface area contributed by atoms with Crippen LogP contribution in [0.3, 0.4) is 0 Å². The summed E-state index contributed by atoms with van der Waals surface area (Å²) in [5, 5.41) is 2.96. The normalized spacial score (nSPS) is 11.7. The van der Waals surface area contributed by atoms with Crippen molar-refractivity contribution < 1.29 is 9.53 Å². The molecule has 0 spiro atoms. The van der Waals surface area contributed by atoms with Gasteiger partial charge in [0.05, 0.1) is 19.6 Å². The van der Waals surface area contributed by atoms with Crippen molar-refractivity contribution in [2.75, 3.05) is 7.11 Å². The van der Waals surface area contributed by atoms with Crippen molar-refractivity contribution in [3.63, 3.8) is 0 Å². The second-order valence-electron chi connectivity index (χ2n) is 4.60. The van der Waals surface area contributed by atoms with Gasteiger partial charge >= 0.3 is 0 Å². The molecular weight excluding hydrogens is 252 g/mol. The summed E-state index contributed by atoms with van der Waals surface area (Å²) in [4.78, 5) is 16.1. The number of benzene rings is 1. The molecule has 4 heteroatoms. The molecule has 1 aromatic carbocycles. The highest BCUT2D eigenvalue weighted by molar-refractivity contribution is 5.79. The molecular formula is C16H18N2O2. The van der Waals surface area contributed by atoms with Crippen molar-refractivity contribution in [2.24, 2.45) is 0 Å². The molecule has 104 valence electrons. The number of hydrogen-bond acceptors (Lipinski definition) is 3. The molecule has 0 aliphatic carbocycles. The van der Waals surface area contributed by atoms with E-state index in [4.69, 9.17) is 4.74 Å². The van der Waals surface area contributed by atoms with Gasteiger partial charge in [0.25, 0.3) is 0 Å². The molecule has 2 aromatic rings. The summed E-state index contributed by atoms with van der Waals surface area (Å²) in [6.45, 7) is 1.94. The molecule has 1 unspecified atom stereocenters. The number of carbonyl (C=O) groups excluding carboxylic acids is 1. The summed E-state index contributed by atoms with van der Waals surface area (Å²) in [5.41, 5.74) is 1.92. The molecule has 2 rings (SSSR count). The summed E-state index contributed by atoms with van der Waals surface area (Å²) in [5.74, 6) is 0.741. The number of carbonyl (C=O) groups is 1. The predicted molar refractivity (Wildman–Crippen MR) is 77.5 cm³/mol. The monoisotopic (exact) mass is 270 g/mol. The van der Waals surface area contributed by atoms with Gasteiger partial charge in [0.15, 0.2) is 0 Å². The van der Waals surface area contributed by atoms with Crippen LogP contribution >= 0.6 is 0 Å². The van der Waals surface area contributed by atoms with Gasteiger partial charge in [-0.25, -0.2) is 0 Å². The highest BCUT2D eigenvalue weighted by atomic mass is 16.5. The Morgan fingerprint density at radius 3 is 2.90 bits per heavy atom. The third-order valence-corrected chi connectivity index (χ3v) is 3.06. The van der Waals surface area contributed by atoms with E-state index in [0.717, 1.165) is 16.9 Å². The van der Waals surface area contributed by atoms with E-state index in [1.54, 1.807) is 19.5 Å². The lowest BCUT2D eigenvalue weighted by atomic mass is 10.1. The van der Waals surface area contributed by atoms with Crippen molar-refractivity contribution in [3.05, 3.63) is 59.9 Å². The topological polar surface area (TPSA) is 51.2 Å². The highest BCUT2D eigenvalue weighted by Gasteiger charge is 2.10. The first-order chi connectivity index (χ1) is 9.69. The summed E-state index contributed by atoms with van der Waals surface area (Å²) >= 11 is 0. The Labute approximate surface area is 118 Å². The van der Waals surface area contributed by atoms with E-state index in [1.165, 1.54) is 0 Å². The third-order valence-electron chi connectivity index (χ3n) is 3.06. The quantitative estimate of drug-likeness (QED) is 0.908. The standard InChI is InChI=1S/C16H18N2O2/c1-12(14-6-4-8-17-11-14)18-16(19)10-13-5-3-7-15(9-13)20-2/h3-9,11-12H,10H2,1-2H3,(H,18,19). The van der Waals surface area contributed by atoms with Gasteiger partial charge in [-0.2, -0.15) is 0 Å². The van der Waals surface area contributed by atoms with Crippen LogP contribution in [0.1, 0.15) is 24.1 Å². The predicted octanol–water partition coefficient (Wildman–Crippen LogP) is 2.51. The van der Waals surface area contributed by atoms with Crippen LogP contribution in [0.15, 0.2) is 48.8 Å². The first-order valence-corrected chi connectivity index (χ1v) is 6.51. The van der Waals surface area contributed by atoms with Gasteiger partial charge in [0.2, 0.25) is 5.91 Å². The van der Waals surface area contributed by atoms with Crippen LogP contribution in [0.25, 0.3) is 0 Å². The SMILES string of the molecule is COc1cccc(CC(=O)NC(C)c2cccnc2)c1. The van der Waals surface area contributed by atoms with Crippen molar-refractivity contribution in [1.29, 1.82) is 0 Å². The molecule has 1 atom stereocenters. The van der Waals surface area contributed by atoms with E-state index in [-0.39, 0.29) is 11.9 Å². The molecule has 0 fully saturated rings. The summed E-state index contributed by atoms with van der Waals surface area (Å²) in [7, 11) is 1.61. The largest absolute Gasteiger partial charge is 0.497 e. The molecule has 1 heterocycles. The summed E-state index contributed by atoms with van der Waals surface area (Å²) < 4.78 is 5.15. The zero-order valence-electron chi connectivity index (χ0n) is 11.7. The molecule has 1 amide bonds. The van der Waals surface area contributed by atoms with Gasteiger partial charge in [-0.3, -0.25) is 9.78 Å². The minimum Gasteiger partial charge on any atom is -0.497 e. The summed E-state index contributed by atoms with van der Waals surface area (Å²) in [6.07, 6.45) is 3.81. The molecule has 20 heavy (non-hydrogen) atoms. The van der Waals surface area contributed by atoms with E-state index in [1.807, 2.05) is 43.3 Å². The second-order valence-corrected chi connectivity index (χ2v) is 4.60. The number of amides is 1. The Bertz CT molecular complexity index is 570. The second kappa shape index (κ2) is 6.70. The van der Waals surface area contributed by atoms with Crippen molar-refractivity contribution in [3.8, 4) is 5.75 Å². The number of pyridine rings is 1. The minimum absolute atomic E-state index is 0.0189.